The number of hydrogen-bond acceptors (Lipinski definition) is 5. The normalized spacial score (nSPS) is 13.4. The van der Waals surface area contributed by atoms with Gasteiger partial charge in [-0.25, -0.2) is 4.79 Å². The van der Waals surface area contributed by atoms with Gasteiger partial charge in [0.2, 0.25) is 0 Å². The number of aromatic nitrogens is 1. The molecule has 0 saturated heterocycles. The van der Waals surface area contributed by atoms with E-state index in [2.05, 4.69) is 23.1 Å². The van der Waals surface area contributed by atoms with Gasteiger partial charge in [0.05, 0.1) is 5.71 Å². The zero-order chi connectivity index (χ0) is 21.2. The fourth-order valence-corrected chi connectivity index (χ4v) is 3.46. The van der Waals surface area contributed by atoms with E-state index >= 15 is 0 Å². The SMILES string of the molecule is CCCCCC(=NOCC1=Cc2cccc(OCC(=O)O)c2CC1)c1cccnc1. The van der Waals surface area contributed by atoms with E-state index < -0.39 is 5.97 Å². The van der Waals surface area contributed by atoms with Gasteiger partial charge in [0, 0.05) is 23.5 Å². The van der Waals surface area contributed by atoms with E-state index in [0.717, 1.165) is 66.5 Å². The monoisotopic (exact) mass is 408 g/mol. The van der Waals surface area contributed by atoms with Crippen LogP contribution in [-0.4, -0.2) is 35.0 Å². The van der Waals surface area contributed by atoms with Crippen molar-refractivity contribution in [2.45, 2.75) is 45.4 Å². The van der Waals surface area contributed by atoms with Crippen LogP contribution in [0.3, 0.4) is 0 Å². The largest absolute Gasteiger partial charge is 0.482 e. The maximum Gasteiger partial charge on any atom is 0.341 e. The van der Waals surface area contributed by atoms with Crippen molar-refractivity contribution in [1.82, 2.24) is 4.98 Å². The highest BCUT2D eigenvalue weighted by molar-refractivity contribution is 5.99. The van der Waals surface area contributed by atoms with Crippen LogP contribution in [0, 0.1) is 0 Å². The lowest BCUT2D eigenvalue weighted by atomic mass is 9.92. The van der Waals surface area contributed by atoms with Gasteiger partial charge < -0.3 is 14.7 Å². The number of hydrogen-bond donors (Lipinski definition) is 1. The van der Waals surface area contributed by atoms with E-state index in [-0.39, 0.29) is 6.61 Å². The number of fused-ring (bicyclic) bond motifs is 1. The molecular formula is C24H28N2O4. The van der Waals surface area contributed by atoms with Gasteiger partial charge in [-0.05, 0) is 55.0 Å². The number of benzene rings is 1. The Kier molecular flexibility index (Phi) is 8.01. The van der Waals surface area contributed by atoms with Crippen molar-refractivity contribution in [3.8, 4) is 5.75 Å². The van der Waals surface area contributed by atoms with Gasteiger partial charge in [0.25, 0.3) is 0 Å². The second-order valence-corrected chi connectivity index (χ2v) is 7.32. The van der Waals surface area contributed by atoms with Gasteiger partial charge in [-0.15, -0.1) is 0 Å². The molecule has 1 heterocycles. The van der Waals surface area contributed by atoms with Crippen LogP contribution in [0.2, 0.25) is 0 Å². The van der Waals surface area contributed by atoms with Crippen LogP contribution in [0.1, 0.15) is 55.7 Å². The van der Waals surface area contributed by atoms with Crippen molar-refractivity contribution in [3.05, 3.63) is 65.0 Å². The molecule has 1 aromatic carbocycles. The van der Waals surface area contributed by atoms with Crippen molar-refractivity contribution < 1.29 is 19.5 Å². The summed E-state index contributed by atoms with van der Waals surface area (Å²) in [7, 11) is 0. The molecule has 6 heteroatoms. The zero-order valence-corrected chi connectivity index (χ0v) is 17.3. The standard InChI is InChI=1S/C24H28N2O4/c1-2-3-4-9-22(20-8-6-13-25-15-20)26-30-16-18-11-12-21-19(14-18)7-5-10-23(21)29-17-24(27)28/h5-8,10,13-15H,2-4,9,11-12,16-17H2,1H3,(H,27,28). The summed E-state index contributed by atoms with van der Waals surface area (Å²) < 4.78 is 5.42. The molecule has 3 rings (SSSR count). The molecule has 158 valence electrons. The fraction of sp³-hybridized carbons (Fsp3) is 0.375. The molecule has 0 unspecified atom stereocenters. The molecule has 0 fully saturated rings. The van der Waals surface area contributed by atoms with E-state index in [1.54, 1.807) is 6.20 Å². The first-order valence-corrected chi connectivity index (χ1v) is 10.4. The van der Waals surface area contributed by atoms with E-state index in [0.29, 0.717) is 12.4 Å². The number of ether oxygens (including phenoxy) is 1. The molecule has 0 amide bonds. The summed E-state index contributed by atoms with van der Waals surface area (Å²) in [6.45, 7) is 2.28. The number of carboxylic acid groups (broad SMARTS) is 1. The lowest BCUT2D eigenvalue weighted by Crippen LogP contribution is -2.12. The van der Waals surface area contributed by atoms with Gasteiger partial charge >= 0.3 is 5.97 Å². The van der Waals surface area contributed by atoms with Crippen LogP contribution >= 0.6 is 0 Å². The number of aliphatic carboxylic acids is 1. The lowest BCUT2D eigenvalue weighted by molar-refractivity contribution is -0.139. The van der Waals surface area contributed by atoms with E-state index in [1.807, 2.05) is 36.5 Å². The second-order valence-electron chi connectivity index (χ2n) is 7.32. The van der Waals surface area contributed by atoms with Crippen molar-refractivity contribution >= 4 is 17.8 Å². The van der Waals surface area contributed by atoms with Crippen LogP contribution in [-0.2, 0) is 16.1 Å². The van der Waals surface area contributed by atoms with Crippen LogP contribution in [0.4, 0.5) is 0 Å². The number of pyridine rings is 1. The van der Waals surface area contributed by atoms with Crippen molar-refractivity contribution in [2.75, 3.05) is 13.2 Å². The third-order valence-corrected chi connectivity index (χ3v) is 5.01. The zero-order valence-electron chi connectivity index (χ0n) is 17.3. The molecule has 1 aliphatic rings. The molecule has 0 radical (unpaired) electrons. The molecule has 0 bridgehead atoms. The quantitative estimate of drug-likeness (QED) is 0.326. The Morgan fingerprint density at radius 1 is 1.20 bits per heavy atom. The molecule has 1 aromatic heterocycles. The maximum atomic E-state index is 10.8. The molecule has 1 N–H and O–H groups in total. The predicted molar refractivity (Wildman–Crippen MR) is 117 cm³/mol. The van der Waals surface area contributed by atoms with Crippen LogP contribution < -0.4 is 4.74 Å². The molecule has 1 aliphatic carbocycles. The van der Waals surface area contributed by atoms with E-state index in [9.17, 15) is 4.79 Å². The maximum absolute atomic E-state index is 10.8. The van der Waals surface area contributed by atoms with Gasteiger partial charge in [-0.1, -0.05) is 43.1 Å². The Morgan fingerprint density at radius 2 is 2.10 bits per heavy atom. The number of oxime groups is 1. The Balaban J connectivity index is 1.66. The minimum atomic E-state index is -0.978. The van der Waals surface area contributed by atoms with Gasteiger partial charge in [-0.3, -0.25) is 4.98 Å². The molecule has 0 spiro atoms. The Bertz CT molecular complexity index is 907. The highest BCUT2D eigenvalue weighted by Gasteiger charge is 2.16. The first-order chi connectivity index (χ1) is 14.7. The van der Waals surface area contributed by atoms with Crippen LogP contribution in [0.5, 0.6) is 5.75 Å². The summed E-state index contributed by atoms with van der Waals surface area (Å²) in [6.07, 6.45) is 11.5. The molecule has 0 atom stereocenters. The highest BCUT2D eigenvalue weighted by Crippen LogP contribution is 2.31. The Hall–Kier alpha value is -3.15. The molecule has 0 saturated carbocycles. The first kappa shape index (κ1) is 21.6. The average Bonchev–Trinajstić information content (AvgIpc) is 2.77. The smallest absolute Gasteiger partial charge is 0.341 e. The summed E-state index contributed by atoms with van der Waals surface area (Å²) in [6, 6.07) is 9.63. The second kappa shape index (κ2) is 11.1. The summed E-state index contributed by atoms with van der Waals surface area (Å²) in [5.74, 6) is -0.340. The third-order valence-electron chi connectivity index (χ3n) is 5.01. The highest BCUT2D eigenvalue weighted by atomic mass is 16.6. The number of nitrogens with zero attached hydrogens (tertiary/aromatic N) is 2. The Morgan fingerprint density at radius 3 is 2.87 bits per heavy atom. The topological polar surface area (TPSA) is 81.0 Å². The number of rotatable bonds is 11. The summed E-state index contributed by atoms with van der Waals surface area (Å²) in [5.41, 5.74) is 5.17. The van der Waals surface area contributed by atoms with Gasteiger partial charge in [0.1, 0.15) is 12.4 Å². The van der Waals surface area contributed by atoms with Crippen molar-refractivity contribution in [3.63, 3.8) is 0 Å². The summed E-state index contributed by atoms with van der Waals surface area (Å²) in [5, 5.41) is 13.3. The lowest BCUT2D eigenvalue weighted by Gasteiger charge is -2.19. The number of carboxylic acids is 1. The molecular weight excluding hydrogens is 380 g/mol. The number of unbranched alkanes of at least 4 members (excludes halogenated alkanes) is 2. The van der Waals surface area contributed by atoms with Crippen LogP contribution in [0.15, 0.2) is 53.5 Å². The molecule has 30 heavy (non-hydrogen) atoms. The van der Waals surface area contributed by atoms with Crippen molar-refractivity contribution in [1.29, 1.82) is 0 Å². The van der Waals surface area contributed by atoms with Crippen molar-refractivity contribution in [2.24, 2.45) is 5.16 Å². The summed E-state index contributed by atoms with van der Waals surface area (Å²) in [4.78, 5) is 20.7. The van der Waals surface area contributed by atoms with E-state index in [1.165, 1.54) is 0 Å². The molecule has 6 nitrogen and oxygen atoms in total. The fourth-order valence-electron chi connectivity index (χ4n) is 3.46. The minimum absolute atomic E-state index is 0.333. The van der Waals surface area contributed by atoms with Gasteiger partial charge in [0.15, 0.2) is 6.61 Å². The summed E-state index contributed by atoms with van der Waals surface area (Å²) >= 11 is 0. The minimum Gasteiger partial charge on any atom is -0.482 e. The predicted octanol–water partition coefficient (Wildman–Crippen LogP) is 4.88. The van der Waals surface area contributed by atoms with E-state index in [4.69, 9.17) is 14.7 Å². The molecule has 2 aromatic rings. The van der Waals surface area contributed by atoms with Gasteiger partial charge in [-0.2, -0.15) is 0 Å². The molecule has 0 aliphatic heterocycles. The Labute approximate surface area is 177 Å². The third kappa shape index (κ3) is 6.17. The number of carbonyl (C=O) groups is 1. The first-order valence-electron chi connectivity index (χ1n) is 10.4. The average molecular weight is 408 g/mol. The van der Waals surface area contributed by atoms with Crippen LogP contribution in [0.25, 0.3) is 6.08 Å².